The fraction of sp³-hybridized carbons (Fsp3) is 0.133. The lowest BCUT2D eigenvalue weighted by Crippen LogP contribution is -2.19. The Morgan fingerprint density at radius 1 is 1.00 bits per heavy atom. The molecule has 0 saturated carbocycles. The fourth-order valence-electron chi connectivity index (χ4n) is 1.93. The van der Waals surface area contributed by atoms with Crippen molar-refractivity contribution >= 4 is 40.0 Å². The second-order valence-corrected chi connectivity index (χ2v) is 5.91. The summed E-state index contributed by atoms with van der Waals surface area (Å²) in [6, 6.07) is 15.5. The maximum absolute atomic E-state index is 11.3. The second-order valence-electron chi connectivity index (χ2n) is 4.24. The summed E-state index contributed by atoms with van der Waals surface area (Å²) in [7, 11) is 0. The molecule has 19 heavy (non-hydrogen) atoms. The van der Waals surface area contributed by atoms with Crippen LogP contribution in [0.25, 0.3) is 11.1 Å². The van der Waals surface area contributed by atoms with Gasteiger partial charge in [0.15, 0.2) is 0 Å². The minimum atomic E-state index is -1.71. The molecule has 2 aromatic rings. The molecule has 0 amide bonds. The SMILES string of the molecule is Cc1cc(-c2ccccc2)ccc1C(Cl)(Cl)C(=O)Cl. The van der Waals surface area contributed by atoms with E-state index in [0.29, 0.717) is 5.56 Å². The van der Waals surface area contributed by atoms with E-state index in [1.807, 2.05) is 49.4 Å². The first-order valence-electron chi connectivity index (χ1n) is 5.67. The van der Waals surface area contributed by atoms with Crippen LogP contribution >= 0.6 is 34.8 Å². The number of hydrogen-bond acceptors (Lipinski definition) is 1. The molecule has 0 atom stereocenters. The number of hydrogen-bond donors (Lipinski definition) is 0. The molecule has 0 aliphatic carbocycles. The first kappa shape index (κ1) is 14.4. The van der Waals surface area contributed by atoms with Gasteiger partial charge in [-0.1, -0.05) is 71.7 Å². The Morgan fingerprint density at radius 3 is 2.16 bits per heavy atom. The van der Waals surface area contributed by atoms with E-state index in [0.717, 1.165) is 16.7 Å². The zero-order chi connectivity index (χ0) is 14.0. The number of carbonyl (C=O) groups excluding carboxylic acids is 1. The normalized spacial score (nSPS) is 11.4. The van der Waals surface area contributed by atoms with Crippen molar-refractivity contribution in [1.82, 2.24) is 0 Å². The molecular weight excluding hydrogens is 303 g/mol. The van der Waals surface area contributed by atoms with E-state index in [9.17, 15) is 4.79 Å². The van der Waals surface area contributed by atoms with Crippen LogP contribution in [-0.2, 0) is 9.13 Å². The lowest BCUT2D eigenvalue weighted by atomic mass is 9.98. The molecule has 0 fully saturated rings. The zero-order valence-corrected chi connectivity index (χ0v) is 12.4. The first-order chi connectivity index (χ1) is 8.93. The zero-order valence-electron chi connectivity index (χ0n) is 10.2. The van der Waals surface area contributed by atoms with Crippen molar-refractivity contribution < 1.29 is 4.79 Å². The molecule has 0 N–H and O–H groups in total. The highest BCUT2D eigenvalue weighted by Crippen LogP contribution is 2.39. The van der Waals surface area contributed by atoms with Gasteiger partial charge in [0, 0.05) is 0 Å². The second kappa shape index (κ2) is 5.54. The van der Waals surface area contributed by atoms with E-state index < -0.39 is 9.58 Å². The van der Waals surface area contributed by atoms with Crippen molar-refractivity contribution in [2.75, 3.05) is 0 Å². The van der Waals surface area contributed by atoms with Crippen LogP contribution in [0.4, 0.5) is 0 Å². The predicted molar refractivity (Wildman–Crippen MR) is 80.9 cm³/mol. The average molecular weight is 314 g/mol. The van der Waals surface area contributed by atoms with Crippen molar-refractivity contribution in [3.63, 3.8) is 0 Å². The Balaban J connectivity index is 2.47. The summed E-state index contributed by atoms with van der Waals surface area (Å²) >= 11 is 17.4. The molecular formula is C15H11Cl3O. The van der Waals surface area contributed by atoms with Crippen molar-refractivity contribution in [3.8, 4) is 11.1 Å². The Kier molecular flexibility index (Phi) is 4.19. The Hall–Kier alpha value is -1.02. The number of carbonyl (C=O) groups is 1. The first-order valence-corrected chi connectivity index (χ1v) is 6.80. The van der Waals surface area contributed by atoms with Crippen LogP contribution in [0.2, 0.25) is 0 Å². The van der Waals surface area contributed by atoms with Crippen LogP contribution in [-0.4, -0.2) is 5.24 Å². The van der Waals surface area contributed by atoms with Crippen LogP contribution in [0.1, 0.15) is 11.1 Å². The van der Waals surface area contributed by atoms with Gasteiger partial charge in [-0.05, 0) is 40.8 Å². The highest BCUT2D eigenvalue weighted by Gasteiger charge is 2.35. The van der Waals surface area contributed by atoms with Gasteiger partial charge in [-0.2, -0.15) is 0 Å². The van der Waals surface area contributed by atoms with Gasteiger partial charge in [0.2, 0.25) is 4.33 Å². The molecule has 0 radical (unpaired) electrons. The van der Waals surface area contributed by atoms with Gasteiger partial charge in [-0.15, -0.1) is 0 Å². The van der Waals surface area contributed by atoms with E-state index in [1.54, 1.807) is 6.07 Å². The number of rotatable bonds is 3. The molecule has 98 valence electrons. The molecule has 0 unspecified atom stereocenters. The average Bonchev–Trinajstić information content (AvgIpc) is 2.39. The highest BCUT2D eigenvalue weighted by molar-refractivity contribution is 6.77. The molecule has 2 aromatic carbocycles. The minimum absolute atomic E-state index is 0.510. The molecule has 0 heterocycles. The van der Waals surface area contributed by atoms with Gasteiger partial charge in [0.1, 0.15) is 0 Å². The molecule has 0 spiro atoms. The van der Waals surface area contributed by atoms with Gasteiger partial charge < -0.3 is 0 Å². The minimum Gasteiger partial charge on any atom is -0.277 e. The van der Waals surface area contributed by atoms with E-state index in [2.05, 4.69) is 0 Å². The van der Waals surface area contributed by atoms with Crippen molar-refractivity contribution in [2.45, 2.75) is 11.3 Å². The summed E-state index contributed by atoms with van der Waals surface area (Å²) in [5.74, 6) is 0. The van der Waals surface area contributed by atoms with Gasteiger partial charge in [-0.3, -0.25) is 4.79 Å². The van der Waals surface area contributed by atoms with E-state index in [4.69, 9.17) is 34.8 Å². The van der Waals surface area contributed by atoms with Gasteiger partial charge in [-0.25, -0.2) is 0 Å². The third-order valence-electron chi connectivity index (χ3n) is 2.92. The smallest absolute Gasteiger partial charge is 0.262 e. The third kappa shape index (κ3) is 2.94. The number of halogens is 3. The lowest BCUT2D eigenvalue weighted by Gasteiger charge is -2.18. The molecule has 0 aromatic heterocycles. The number of alkyl halides is 2. The molecule has 0 bridgehead atoms. The summed E-state index contributed by atoms with van der Waals surface area (Å²) in [6.45, 7) is 1.85. The Bertz CT molecular complexity index is 606. The summed E-state index contributed by atoms with van der Waals surface area (Å²) in [4.78, 5) is 11.3. The molecule has 2 rings (SSSR count). The summed E-state index contributed by atoms with van der Waals surface area (Å²) < 4.78 is -1.71. The van der Waals surface area contributed by atoms with Crippen molar-refractivity contribution in [1.29, 1.82) is 0 Å². The monoisotopic (exact) mass is 312 g/mol. The maximum Gasteiger partial charge on any atom is 0.262 e. The number of benzene rings is 2. The molecule has 0 aliphatic heterocycles. The van der Waals surface area contributed by atoms with Crippen LogP contribution in [0.15, 0.2) is 48.5 Å². The summed E-state index contributed by atoms with van der Waals surface area (Å²) in [6.07, 6.45) is 0. The molecule has 1 nitrogen and oxygen atoms in total. The maximum atomic E-state index is 11.3. The summed E-state index contributed by atoms with van der Waals surface area (Å²) in [5, 5.41) is -0.800. The van der Waals surface area contributed by atoms with E-state index >= 15 is 0 Å². The van der Waals surface area contributed by atoms with Crippen molar-refractivity contribution in [2.24, 2.45) is 0 Å². The highest BCUT2D eigenvalue weighted by atomic mass is 35.5. The van der Waals surface area contributed by atoms with E-state index in [1.165, 1.54) is 0 Å². The Labute approximate surface area is 127 Å². The van der Waals surface area contributed by atoms with Crippen LogP contribution in [0.5, 0.6) is 0 Å². The third-order valence-corrected chi connectivity index (χ3v) is 4.15. The van der Waals surface area contributed by atoms with Crippen LogP contribution in [0, 0.1) is 6.92 Å². The van der Waals surface area contributed by atoms with Gasteiger partial charge >= 0.3 is 0 Å². The fourth-order valence-corrected chi connectivity index (χ4v) is 2.46. The lowest BCUT2D eigenvalue weighted by molar-refractivity contribution is -0.112. The standard InChI is InChI=1S/C15H11Cl3O/c1-10-9-12(11-5-3-2-4-6-11)7-8-13(10)15(17,18)14(16)19/h2-9H,1H3. The largest absolute Gasteiger partial charge is 0.277 e. The predicted octanol–water partition coefficient (Wildman–Crippen LogP) is 5.06. The van der Waals surface area contributed by atoms with Gasteiger partial charge in [0.05, 0.1) is 0 Å². The van der Waals surface area contributed by atoms with Crippen LogP contribution < -0.4 is 0 Å². The summed E-state index contributed by atoms with van der Waals surface area (Å²) in [5.41, 5.74) is 3.45. The topological polar surface area (TPSA) is 17.1 Å². The molecule has 0 saturated heterocycles. The quantitative estimate of drug-likeness (QED) is 0.572. The molecule has 0 aliphatic rings. The van der Waals surface area contributed by atoms with Crippen molar-refractivity contribution in [3.05, 3.63) is 59.7 Å². The Morgan fingerprint density at radius 2 is 1.63 bits per heavy atom. The molecule has 4 heteroatoms. The number of aryl methyl sites for hydroxylation is 1. The van der Waals surface area contributed by atoms with E-state index in [-0.39, 0.29) is 0 Å². The van der Waals surface area contributed by atoms with Crippen LogP contribution in [0.3, 0.4) is 0 Å². The van der Waals surface area contributed by atoms with Gasteiger partial charge in [0.25, 0.3) is 5.24 Å².